The van der Waals surface area contributed by atoms with Gasteiger partial charge in [0.2, 0.25) is 0 Å². The third-order valence-corrected chi connectivity index (χ3v) is 5.71. The fourth-order valence-corrected chi connectivity index (χ4v) is 4.20. The first kappa shape index (κ1) is 21.5. The van der Waals surface area contributed by atoms with Crippen LogP contribution in [0, 0.1) is 0 Å². The summed E-state index contributed by atoms with van der Waals surface area (Å²) in [6.07, 6.45) is 0. The minimum atomic E-state index is -0.895. The molecule has 1 atom stereocenters. The molecule has 31 heavy (non-hydrogen) atoms. The van der Waals surface area contributed by atoms with Crippen LogP contribution < -0.4 is 9.47 Å². The predicted molar refractivity (Wildman–Crippen MR) is 115 cm³/mol. The molecule has 2 heterocycles. The van der Waals surface area contributed by atoms with E-state index >= 15 is 0 Å². The van der Waals surface area contributed by atoms with Crippen LogP contribution in [0.1, 0.15) is 17.2 Å². The summed E-state index contributed by atoms with van der Waals surface area (Å²) in [4.78, 5) is 27.1. The van der Waals surface area contributed by atoms with Crippen molar-refractivity contribution in [1.29, 1.82) is 0 Å². The Morgan fingerprint density at radius 3 is 2.58 bits per heavy atom. The van der Waals surface area contributed by atoms with Crippen LogP contribution in [0.3, 0.4) is 0 Å². The largest absolute Gasteiger partial charge is 0.507 e. The lowest BCUT2D eigenvalue weighted by Gasteiger charge is -2.26. The molecule has 1 fully saturated rings. The van der Waals surface area contributed by atoms with Crippen molar-refractivity contribution in [2.75, 3.05) is 33.5 Å². The van der Waals surface area contributed by atoms with E-state index in [2.05, 4.69) is 0 Å². The van der Waals surface area contributed by atoms with Crippen LogP contribution >= 0.6 is 23.2 Å². The van der Waals surface area contributed by atoms with Gasteiger partial charge in [-0.3, -0.25) is 9.59 Å². The van der Waals surface area contributed by atoms with Crippen molar-refractivity contribution in [1.82, 2.24) is 4.90 Å². The van der Waals surface area contributed by atoms with Crippen LogP contribution in [0.25, 0.3) is 5.76 Å². The van der Waals surface area contributed by atoms with Gasteiger partial charge in [0, 0.05) is 29.3 Å². The molecule has 162 valence electrons. The molecule has 2 aromatic carbocycles. The second-order valence-corrected chi connectivity index (χ2v) is 7.85. The minimum Gasteiger partial charge on any atom is -0.507 e. The molecule has 0 bridgehead atoms. The first-order valence-electron chi connectivity index (χ1n) is 9.54. The molecule has 2 aromatic rings. The van der Waals surface area contributed by atoms with Crippen molar-refractivity contribution < 1.29 is 28.9 Å². The van der Waals surface area contributed by atoms with Gasteiger partial charge in [-0.15, -0.1) is 0 Å². The fraction of sp³-hybridized carbons (Fsp3) is 0.273. The number of hydrogen-bond donors (Lipinski definition) is 1. The van der Waals surface area contributed by atoms with E-state index in [0.717, 1.165) is 0 Å². The van der Waals surface area contributed by atoms with Gasteiger partial charge in [-0.25, -0.2) is 0 Å². The first-order valence-corrected chi connectivity index (χ1v) is 10.3. The molecule has 0 saturated carbocycles. The predicted octanol–water partition coefficient (Wildman–Crippen LogP) is 3.83. The van der Waals surface area contributed by atoms with Gasteiger partial charge >= 0.3 is 0 Å². The van der Waals surface area contributed by atoms with E-state index in [0.29, 0.717) is 40.9 Å². The first-order chi connectivity index (χ1) is 14.9. The van der Waals surface area contributed by atoms with Gasteiger partial charge in [0.05, 0.1) is 18.2 Å². The van der Waals surface area contributed by atoms with Crippen LogP contribution in [0.5, 0.6) is 11.5 Å². The number of ketones is 1. The van der Waals surface area contributed by atoms with E-state index in [9.17, 15) is 14.7 Å². The number of rotatable bonds is 5. The SMILES string of the molecule is COCCN1C(=O)C(=O)/C(=C(/O)c2ccc3c(c2)OCCO3)C1c1ccc(Cl)cc1Cl. The molecule has 0 radical (unpaired) electrons. The van der Waals surface area contributed by atoms with Crippen molar-refractivity contribution in [3.8, 4) is 11.5 Å². The lowest BCUT2D eigenvalue weighted by molar-refractivity contribution is -0.140. The Hall–Kier alpha value is -2.74. The number of fused-ring (bicyclic) bond motifs is 1. The number of nitrogens with zero attached hydrogens (tertiary/aromatic N) is 1. The number of aliphatic hydroxyl groups excluding tert-OH is 1. The lowest BCUT2D eigenvalue weighted by Crippen LogP contribution is -2.32. The van der Waals surface area contributed by atoms with Gasteiger partial charge in [-0.05, 0) is 35.9 Å². The molecule has 2 aliphatic rings. The standard InChI is InChI=1S/C22H19Cl2NO6/c1-29-7-6-25-19(14-4-3-13(23)11-15(14)24)18(21(27)22(25)28)20(26)12-2-5-16-17(10-12)31-9-8-30-16/h2-5,10-11,19,26H,6-9H2,1H3/b20-18+. The highest BCUT2D eigenvalue weighted by atomic mass is 35.5. The summed E-state index contributed by atoms with van der Waals surface area (Å²) in [5, 5.41) is 11.8. The Labute approximate surface area is 188 Å². The summed E-state index contributed by atoms with van der Waals surface area (Å²) in [6.45, 7) is 1.15. The van der Waals surface area contributed by atoms with E-state index in [4.69, 9.17) is 37.4 Å². The molecular formula is C22H19Cl2NO6. The van der Waals surface area contributed by atoms with Crippen molar-refractivity contribution in [2.45, 2.75) is 6.04 Å². The maximum atomic E-state index is 13.0. The zero-order valence-corrected chi connectivity index (χ0v) is 18.1. The second kappa shape index (κ2) is 8.78. The number of benzene rings is 2. The lowest BCUT2D eigenvalue weighted by atomic mass is 9.95. The van der Waals surface area contributed by atoms with Crippen LogP contribution in [-0.4, -0.2) is 55.2 Å². The Bertz CT molecular complexity index is 1080. The summed E-state index contributed by atoms with van der Waals surface area (Å²) in [5.74, 6) is -0.886. The topological polar surface area (TPSA) is 85.3 Å². The number of aliphatic hydroxyl groups is 1. The molecule has 0 spiro atoms. The minimum absolute atomic E-state index is 0.0676. The highest BCUT2D eigenvalue weighted by Gasteiger charge is 2.46. The van der Waals surface area contributed by atoms with Gasteiger partial charge in [0.1, 0.15) is 19.0 Å². The third kappa shape index (κ3) is 3.96. The van der Waals surface area contributed by atoms with Gasteiger partial charge < -0.3 is 24.2 Å². The molecule has 4 rings (SSSR count). The highest BCUT2D eigenvalue weighted by molar-refractivity contribution is 6.47. The van der Waals surface area contributed by atoms with Crippen molar-refractivity contribution in [3.63, 3.8) is 0 Å². The number of methoxy groups -OCH3 is 1. The van der Waals surface area contributed by atoms with Crippen molar-refractivity contribution in [3.05, 3.63) is 63.1 Å². The van der Waals surface area contributed by atoms with Gasteiger partial charge in [-0.1, -0.05) is 29.3 Å². The summed E-state index contributed by atoms with van der Waals surface area (Å²) in [6, 6.07) is 8.71. The molecule has 7 nitrogen and oxygen atoms in total. The number of carbonyl (C=O) groups is 2. The molecule has 0 aromatic heterocycles. The molecule has 2 aliphatic heterocycles. The number of halogens is 2. The smallest absolute Gasteiger partial charge is 0.295 e. The molecular weight excluding hydrogens is 445 g/mol. The van der Waals surface area contributed by atoms with Gasteiger partial charge in [0.15, 0.2) is 11.5 Å². The number of hydrogen-bond acceptors (Lipinski definition) is 6. The van der Waals surface area contributed by atoms with Gasteiger partial charge in [-0.2, -0.15) is 0 Å². The zero-order chi connectivity index (χ0) is 22.1. The second-order valence-electron chi connectivity index (χ2n) is 7.01. The zero-order valence-electron chi connectivity index (χ0n) is 16.6. The molecule has 1 N–H and O–H groups in total. The van der Waals surface area contributed by atoms with Crippen LogP contribution in [0.2, 0.25) is 10.0 Å². The van der Waals surface area contributed by atoms with E-state index in [1.54, 1.807) is 30.3 Å². The highest BCUT2D eigenvalue weighted by Crippen LogP contribution is 2.43. The van der Waals surface area contributed by atoms with Crippen LogP contribution in [0.4, 0.5) is 0 Å². The monoisotopic (exact) mass is 463 g/mol. The summed E-state index contributed by atoms with van der Waals surface area (Å²) in [7, 11) is 1.50. The Morgan fingerprint density at radius 1 is 1.13 bits per heavy atom. The van der Waals surface area contributed by atoms with Crippen molar-refractivity contribution in [2.24, 2.45) is 0 Å². The van der Waals surface area contributed by atoms with E-state index in [1.165, 1.54) is 18.1 Å². The molecule has 9 heteroatoms. The number of amides is 1. The number of ether oxygens (including phenoxy) is 3. The molecule has 0 aliphatic carbocycles. The van der Waals surface area contributed by atoms with E-state index < -0.39 is 17.7 Å². The summed E-state index contributed by atoms with van der Waals surface area (Å²) < 4.78 is 16.2. The summed E-state index contributed by atoms with van der Waals surface area (Å²) >= 11 is 12.4. The summed E-state index contributed by atoms with van der Waals surface area (Å²) in [5.41, 5.74) is 0.728. The normalized spacial score (nSPS) is 19.7. The van der Waals surface area contributed by atoms with Crippen LogP contribution in [-0.2, 0) is 14.3 Å². The number of Topliss-reactive ketones (excluding diaryl/α,β-unsaturated/α-hetero) is 1. The Kier molecular flexibility index (Phi) is 6.09. The maximum Gasteiger partial charge on any atom is 0.295 e. The number of likely N-dealkylation sites (tertiary alicyclic amines) is 1. The quantitative estimate of drug-likeness (QED) is 0.411. The average Bonchev–Trinajstić information content (AvgIpc) is 3.01. The Morgan fingerprint density at radius 2 is 1.87 bits per heavy atom. The van der Waals surface area contributed by atoms with E-state index in [1.807, 2.05) is 0 Å². The van der Waals surface area contributed by atoms with Gasteiger partial charge in [0.25, 0.3) is 11.7 Å². The number of carbonyl (C=O) groups excluding carboxylic acids is 2. The van der Waals surface area contributed by atoms with Crippen LogP contribution in [0.15, 0.2) is 42.0 Å². The molecule has 1 amide bonds. The van der Waals surface area contributed by atoms with E-state index in [-0.39, 0.29) is 29.5 Å². The maximum absolute atomic E-state index is 13.0. The molecule has 1 unspecified atom stereocenters. The average molecular weight is 464 g/mol. The fourth-order valence-electron chi connectivity index (χ4n) is 3.69. The Balaban J connectivity index is 1.86. The molecule has 1 saturated heterocycles. The van der Waals surface area contributed by atoms with Crippen molar-refractivity contribution >= 4 is 40.7 Å². The third-order valence-electron chi connectivity index (χ3n) is 5.15.